The molecule has 5 nitrogen and oxygen atoms in total. The molecule has 114 valence electrons. The van der Waals surface area contributed by atoms with Gasteiger partial charge in [-0.15, -0.1) is 0 Å². The number of benzene rings is 1. The first-order valence-electron chi connectivity index (χ1n) is 7.18. The van der Waals surface area contributed by atoms with Gasteiger partial charge < -0.3 is 4.90 Å². The highest BCUT2D eigenvalue weighted by Gasteiger charge is 2.32. The molecule has 1 aromatic heterocycles. The van der Waals surface area contributed by atoms with E-state index in [0.717, 1.165) is 24.6 Å². The molecule has 1 aliphatic rings. The minimum absolute atomic E-state index is 0.00332. The fraction of sp³-hybridized carbons (Fsp3) is 0.312. The molecular weight excluding hydrogens is 285 g/mol. The standard InChI is InChI=1S/C16H16FN3O2/c1-10(21)11-4-5-12(13(17)9-11)16(22)20-8-2-3-15(20)14-6-7-18-19-14/h4-7,9,15H,2-3,8H2,1H3,(H,18,19). The second kappa shape index (κ2) is 5.71. The third kappa shape index (κ3) is 2.52. The van der Waals surface area contributed by atoms with Crippen LogP contribution >= 0.6 is 0 Å². The molecule has 0 bridgehead atoms. The van der Waals surface area contributed by atoms with Gasteiger partial charge >= 0.3 is 0 Å². The molecule has 1 aliphatic heterocycles. The maximum absolute atomic E-state index is 14.2. The molecule has 0 spiro atoms. The van der Waals surface area contributed by atoms with Crippen LogP contribution in [0.5, 0.6) is 0 Å². The van der Waals surface area contributed by atoms with Crippen molar-refractivity contribution in [1.29, 1.82) is 0 Å². The van der Waals surface area contributed by atoms with Crippen molar-refractivity contribution in [2.75, 3.05) is 6.54 Å². The summed E-state index contributed by atoms with van der Waals surface area (Å²) in [5.41, 5.74) is 1.11. The zero-order valence-electron chi connectivity index (χ0n) is 12.2. The normalized spacial score (nSPS) is 17.7. The van der Waals surface area contributed by atoms with Gasteiger partial charge in [-0.2, -0.15) is 5.10 Å². The zero-order valence-corrected chi connectivity index (χ0v) is 12.2. The Morgan fingerprint density at radius 1 is 1.36 bits per heavy atom. The SMILES string of the molecule is CC(=O)c1ccc(C(=O)N2CCCC2c2ccn[nH]2)c(F)c1. The number of aromatic nitrogens is 2. The number of Topliss-reactive ketones (excluding diaryl/α,β-unsaturated/α-hetero) is 1. The third-order valence-electron chi connectivity index (χ3n) is 4.00. The number of nitrogens with zero attached hydrogens (tertiary/aromatic N) is 2. The molecule has 2 heterocycles. The highest BCUT2D eigenvalue weighted by molar-refractivity contribution is 5.98. The largest absolute Gasteiger partial charge is 0.330 e. The molecule has 1 N–H and O–H groups in total. The molecule has 0 aliphatic carbocycles. The highest BCUT2D eigenvalue weighted by Crippen LogP contribution is 2.32. The molecule has 1 unspecified atom stereocenters. The predicted molar refractivity (Wildman–Crippen MR) is 78.0 cm³/mol. The monoisotopic (exact) mass is 301 g/mol. The van der Waals surface area contributed by atoms with Gasteiger partial charge in [-0.25, -0.2) is 4.39 Å². The van der Waals surface area contributed by atoms with E-state index in [2.05, 4.69) is 10.2 Å². The topological polar surface area (TPSA) is 66.1 Å². The van der Waals surface area contributed by atoms with E-state index in [4.69, 9.17) is 0 Å². The lowest BCUT2D eigenvalue weighted by atomic mass is 10.1. The summed E-state index contributed by atoms with van der Waals surface area (Å²) < 4.78 is 14.2. The number of ketones is 1. The summed E-state index contributed by atoms with van der Waals surface area (Å²) in [5, 5.41) is 6.78. The highest BCUT2D eigenvalue weighted by atomic mass is 19.1. The number of hydrogen-bond acceptors (Lipinski definition) is 3. The van der Waals surface area contributed by atoms with E-state index in [1.165, 1.54) is 19.1 Å². The zero-order chi connectivity index (χ0) is 15.7. The fourth-order valence-corrected chi connectivity index (χ4v) is 2.85. The van der Waals surface area contributed by atoms with Crippen molar-refractivity contribution in [2.45, 2.75) is 25.8 Å². The Morgan fingerprint density at radius 2 is 2.18 bits per heavy atom. The average molecular weight is 301 g/mol. The van der Waals surface area contributed by atoms with Gasteiger partial charge in [0.15, 0.2) is 5.78 Å². The molecule has 0 radical (unpaired) electrons. The minimum Gasteiger partial charge on any atom is -0.330 e. The van der Waals surface area contributed by atoms with Gasteiger partial charge in [0, 0.05) is 18.3 Å². The summed E-state index contributed by atoms with van der Waals surface area (Å²) in [7, 11) is 0. The van der Waals surface area contributed by atoms with Crippen molar-refractivity contribution in [1.82, 2.24) is 15.1 Å². The molecule has 1 amide bonds. The molecule has 2 aromatic rings. The molecular formula is C16H16FN3O2. The van der Waals surface area contributed by atoms with Crippen LogP contribution < -0.4 is 0 Å². The summed E-state index contributed by atoms with van der Waals surface area (Å²) in [6.45, 7) is 1.95. The lowest BCUT2D eigenvalue weighted by molar-refractivity contribution is 0.0727. The first-order chi connectivity index (χ1) is 10.6. The number of hydrogen-bond donors (Lipinski definition) is 1. The van der Waals surface area contributed by atoms with Gasteiger partial charge in [-0.3, -0.25) is 14.7 Å². The van der Waals surface area contributed by atoms with Crippen LogP contribution in [0.1, 0.15) is 52.2 Å². The van der Waals surface area contributed by atoms with E-state index in [0.29, 0.717) is 6.54 Å². The van der Waals surface area contributed by atoms with Gasteiger partial charge in [0.25, 0.3) is 5.91 Å². The molecule has 1 aromatic carbocycles. The summed E-state index contributed by atoms with van der Waals surface area (Å²) in [6.07, 6.45) is 3.32. The van der Waals surface area contributed by atoms with Crippen molar-refractivity contribution in [3.8, 4) is 0 Å². The molecule has 6 heteroatoms. The van der Waals surface area contributed by atoms with Gasteiger partial charge in [0.2, 0.25) is 0 Å². The van der Waals surface area contributed by atoms with Crippen LogP contribution in [0, 0.1) is 5.82 Å². The van der Waals surface area contributed by atoms with Crippen LogP contribution in [0.4, 0.5) is 4.39 Å². The quantitative estimate of drug-likeness (QED) is 0.886. The molecule has 1 fully saturated rings. The maximum atomic E-state index is 14.2. The van der Waals surface area contributed by atoms with E-state index in [9.17, 15) is 14.0 Å². The summed E-state index contributed by atoms with van der Waals surface area (Å²) in [6, 6.07) is 5.71. The molecule has 0 saturated carbocycles. The number of H-pyrrole nitrogens is 1. The van der Waals surface area contributed by atoms with Gasteiger partial charge in [-0.1, -0.05) is 6.07 Å². The summed E-state index contributed by atoms with van der Waals surface area (Å²) >= 11 is 0. The minimum atomic E-state index is -0.659. The van der Waals surface area contributed by atoms with Crippen LogP contribution in [0.15, 0.2) is 30.5 Å². The van der Waals surface area contributed by atoms with Crippen LogP contribution in [0.25, 0.3) is 0 Å². The van der Waals surface area contributed by atoms with Gasteiger partial charge in [-0.05, 0) is 38.0 Å². The van der Waals surface area contributed by atoms with Gasteiger partial charge in [0.05, 0.1) is 17.3 Å². The van der Waals surface area contributed by atoms with E-state index >= 15 is 0 Å². The molecule has 1 atom stereocenters. The van der Waals surface area contributed by atoms with Crippen molar-refractivity contribution in [3.63, 3.8) is 0 Å². The van der Waals surface area contributed by atoms with Crippen LogP contribution in [0.2, 0.25) is 0 Å². The number of halogens is 1. The first kappa shape index (κ1) is 14.4. The first-order valence-corrected chi connectivity index (χ1v) is 7.18. The number of carbonyl (C=O) groups excluding carboxylic acids is 2. The summed E-state index contributed by atoms with van der Waals surface area (Å²) in [4.78, 5) is 25.5. The Bertz CT molecular complexity index is 712. The van der Waals surface area contributed by atoms with Crippen LogP contribution in [-0.4, -0.2) is 33.3 Å². The number of aromatic amines is 1. The van der Waals surface area contributed by atoms with Crippen LogP contribution in [-0.2, 0) is 0 Å². The number of rotatable bonds is 3. The lowest BCUT2D eigenvalue weighted by Gasteiger charge is -2.24. The number of likely N-dealkylation sites (tertiary alicyclic amines) is 1. The molecule has 22 heavy (non-hydrogen) atoms. The molecule has 3 rings (SSSR count). The lowest BCUT2D eigenvalue weighted by Crippen LogP contribution is -2.31. The second-order valence-corrected chi connectivity index (χ2v) is 5.42. The maximum Gasteiger partial charge on any atom is 0.257 e. The Morgan fingerprint density at radius 3 is 2.82 bits per heavy atom. The van der Waals surface area contributed by atoms with E-state index in [-0.39, 0.29) is 28.9 Å². The Labute approximate surface area is 127 Å². The number of nitrogens with one attached hydrogen (secondary N) is 1. The fourth-order valence-electron chi connectivity index (χ4n) is 2.85. The van der Waals surface area contributed by atoms with E-state index in [1.807, 2.05) is 6.07 Å². The Balaban J connectivity index is 1.89. The van der Waals surface area contributed by atoms with Crippen LogP contribution in [0.3, 0.4) is 0 Å². The van der Waals surface area contributed by atoms with E-state index < -0.39 is 5.82 Å². The summed E-state index contributed by atoms with van der Waals surface area (Å²) in [5.74, 6) is -1.24. The number of amides is 1. The van der Waals surface area contributed by atoms with Crippen molar-refractivity contribution in [3.05, 3.63) is 53.1 Å². The number of carbonyl (C=O) groups is 2. The molecule has 1 saturated heterocycles. The van der Waals surface area contributed by atoms with E-state index in [1.54, 1.807) is 11.1 Å². The second-order valence-electron chi connectivity index (χ2n) is 5.42. The smallest absolute Gasteiger partial charge is 0.257 e. The van der Waals surface area contributed by atoms with Crippen molar-refractivity contribution in [2.24, 2.45) is 0 Å². The average Bonchev–Trinajstić information content (AvgIpc) is 3.16. The third-order valence-corrected chi connectivity index (χ3v) is 4.00. The Kier molecular flexibility index (Phi) is 3.75. The predicted octanol–water partition coefficient (Wildman–Crippen LogP) is 2.73. The van der Waals surface area contributed by atoms with Crippen molar-refractivity contribution >= 4 is 11.7 Å². The van der Waals surface area contributed by atoms with Gasteiger partial charge in [0.1, 0.15) is 5.82 Å². The van der Waals surface area contributed by atoms with Crippen molar-refractivity contribution < 1.29 is 14.0 Å². The Hall–Kier alpha value is -2.50.